The zero-order valence-electron chi connectivity index (χ0n) is 14.8. The van der Waals surface area contributed by atoms with Gasteiger partial charge in [0.05, 0.1) is 12.0 Å². The fourth-order valence-electron chi connectivity index (χ4n) is 3.92. The van der Waals surface area contributed by atoms with Crippen LogP contribution in [0.15, 0.2) is 84.9 Å². The van der Waals surface area contributed by atoms with Crippen LogP contribution in [-0.4, -0.2) is 5.91 Å². The smallest absolute Gasteiger partial charge is 0.228 e. The standard InChI is InChI=1S/C24H23NO/c26-24(22-17-9-15-18-10-7-8-16-21(18)22)25-23(19-11-3-1-4-12-19)20-13-5-2-6-14-20/h1-8,10-14,16,22-23H,9,15,17H2,(H,25,26). The molecule has 0 aliphatic heterocycles. The predicted octanol–water partition coefficient (Wildman–Crippen LogP) is 5.01. The lowest BCUT2D eigenvalue weighted by Crippen LogP contribution is -2.35. The summed E-state index contributed by atoms with van der Waals surface area (Å²) in [5.74, 6) is 0.0599. The van der Waals surface area contributed by atoms with Crippen molar-refractivity contribution < 1.29 is 4.79 Å². The molecule has 1 N–H and O–H groups in total. The van der Waals surface area contributed by atoms with Gasteiger partial charge in [0.1, 0.15) is 0 Å². The van der Waals surface area contributed by atoms with Crippen LogP contribution >= 0.6 is 0 Å². The van der Waals surface area contributed by atoms with Crippen molar-refractivity contribution in [3.63, 3.8) is 0 Å². The van der Waals surface area contributed by atoms with E-state index in [2.05, 4.69) is 47.8 Å². The van der Waals surface area contributed by atoms with Crippen LogP contribution in [0, 0.1) is 0 Å². The Morgan fingerprint density at radius 1 is 0.808 bits per heavy atom. The Morgan fingerprint density at radius 3 is 2.04 bits per heavy atom. The van der Waals surface area contributed by atoms with Gasteiger partial charge in [-0.15, -0.1) is 0 Å². The first-order valence-corrected chi connectivity index (χ1v) is 9.31. The van der Waals surface area contributed by atoms with Gasteiger partial charge in [0.25, 0.3) is 0 Å². The van der Waals surface area contributed by atoms with E-state index in [1.807, 2.05) is 42.5 Å². The normalized spacial score (nSPS) is 16.1. The van der Waals surface area contributed by atoms with Crippen molar-refractivity contribution in [2.75, 3.05) is 0 Å². The van der Waals surface area contributed by atoms with E-state index in [1.165, 1.54) is 11.1 Å². The molecule has 1 amide bonds. The molecule has 0 fully saturated rings. The average Bonchev–Trinajstić information content (AvgIpc) is 2.72. The number of hydrogen-bond donors (Lipinski definition) is 1. The fourth-order valence-corrected chi connectivity index (χ4v) is 3.92. The molecule has 1 atom stereocenters. The minimum Gasteiger partial charge on any atom is -0.345 e. The van der Waals surface area contributed by atoms with Crippen molar-refractivity contribution in [2.45, 2.75) is 31.2 Å². The quantitative estimate of drug-likeness (QED) is 0.710. The third-order valence-corrected chi connectivity index (χ3v) is 5.24. The second kappa shape index (κ2) is 7.57. The van der Waals surface area contributed by atoms with Gasteiger partial charge in [-0.3, -0.25) is 4.79 Å². The topological polar surface area (TPSA) is 29.1 Å². The first-order valence-electron chi connectivity index (χ1n) is 9.31. The maximum absolute atomic E-state index is 13.2. The van der Waals surface area contributed by atoms with Crippen LogP contribution in [-0.2, 0) is 11.2 Å². The monoisotopic (exact) mass is 341 g/mol. The van der Waals surface area contributed by atoms with Crippen LogP contribution in [0.5, 0.6) is 0 Å². The van der Waals surface area contributed by atoms with E-state index in [9.17, 15) is 4.79 Å². The maximum atomic E-state index is 13.2. The van der Waals surface area contributed by atoms with Gasteiger partial charge in [0.15, 0.2) is 0 Å². The van der Waals surface area contributed by atoms with Gasteiger partial charge in [-0.05, 0) is 41.5 Å². The molecule has 26 heavy (non-hydrogen) atoms. The van der Waals surface area contributed by atoms with Gasteiger partial charge in [-0.2, -0.15) is 0 Å². The second-order valence-corrected chi connectivity index (χ2v) is 6.91. The van der Waals surface area contributed by atoms with E-state index in [0.29, 0.717) is 0 Å². The minimum absolute atomic E-state index is 0.0603. The van der Waals surface area contributed by atoms with E-state index in [-0.39, 0.29) is 17.9 Å². The zero-order chi connectivity index (χ0) is 17.8. The summed E-state index contributed by atoms with van der Waals surface area (Å²) in [7, 11) is 0. The van der Waals surface area contributed by atoms with Crippen LogP contribution in [0.1, 0.15) is 47.1 Å². The molecule has 2 nitrogen and oxygen atoms in total. The lowest BCUT2D eigenvalue weighted by atomic mass is 9.82. The molecule has 0 aromatic heterocycles. The maximum Gasteiger partial charge on any atom is 0.228 e. The summed E-state index contributed by atoms with van der Waals surface area (Å²) in [4.78, 5) is 13.2. The Kier molecular flexibility index (Phi) is 4.83. The zero-order valence-corrected chi connectivity index (χ0v) is 14.8. The summed E-state index contributed by atoms with van der Waals surface area (Å²) in [5.41, 5.74) is 4.72. The van der Waals surface area contributed by atoms with Gasteiger partial charge in [0, 0.05) is 0 Å². The number of carbonyl (C=O) groups is 1. The summed E-state index contributed by atoms with van der Waals surface area (Å²) in [6.45, 7) is 0. The molecular formula is C24H23NO. The van der Waals surface area contributed by atoms with Crippen molar-refractivity contribution in [3.8, 4) is 0 Å². The molecule has 1 unspecified atom stereocenters. The number of hydrogen-bond acceptors (Lipinski definition) is 1. The van der Waals surface area contributed by atoms with E-state index in [4.69, 9.17) is 0 Å². The van der Waals surface area contributed by atoms with E-state index < -0.39 is 0 Å². The summed E-state index contributed by atoms with van der Waals surface area (Å²) in [6.07, 6.45) is 3.05. The average molecular weight is 341 g/mol. The minimum atomic E-state index is -0.126. The van der Waals surface area contributed by atoms with Crippen LogP contribution in [0.3, 0.4) is 0 Å². The molecule has 3 aromatic carbocycles. The highest BCUT2D eigenvalue weighted by Gasteiger charge is 2.28. The molecule has 2 heteroatoms. The molecule has 4 rings (SSSR count). The Morgan fingerprint density at radius 2 is 1.38 bits per heavy atom. The van der Waals surface area contributed by atoms with Crippen molar-refractivity contribution in [2.24, 2.45) is 0 Å². The SMILES string of the molecule is O=C(NC(c1ccccc1)c1ccccc1)C1CCCc2ccccc21. The van der Waals surface area contributed by atoms with Crippen LogP contribution < -0.4 is 5.32 Å². The molecule has 130 valence electrons. The predicted molar refractivity (Wildman–Crippen MR) is 105 cm³/mol. The van der Waals surface area contributed by atoms with E-state index >= 15 is 0 Å². The number of carbonyl (C=O) groups excluding carboxylic acids is 1. The van der Waals surface area contributed by atoms with Crippen molar-refractivity contribution in [1.29, 1.82) is 0 Å². The highest BCUT2D eigenvalue weighted by molar-refractivity contribution is 5.85. The molecule has 1 aliphatic rings. The molecule has 0 bridgehead atoms. The summed E-state index contributed by atoms with van der Waals surface area (Å²) in [5, 5.41) is 3.32. The number of nitrogens with one attached hydrogen (secondary N) is 1. The van der Waals surface area contributed by atoms with Gasteiger partial charge < -0.3 is 5.32 Å². The molecule has 0 saturated carbocycles. The third kappa shape index (κ3) is 3.41. The summed E-state index contributed by atoms with van der Waals surface area (Å²) >= 11 is 0. The highest BCUT2D eigenvalue weighted by atomic mass is 16.1. The fraction of sp³-hybridized carbons (Fsp3) is 0.208. The van der Waals surface area contributed by atoms with Crippen molar-refractivity contribution in [3.05, 3.63) is 107 Å². The van der Waals surface area contributed by atoms with Gasteiger partial charge in [0.2, 0.25) is 5.91 Å². The molecular weight excluding hydrogens is 318 g/mol. The number of amides is 1. The van der Waals surface area contributed by atoms with Gasteiger partial charge >= 0.3 is 0 Å². The third-order valence-electron chi connectivity index (χ3n) is 5.24. The van der Waals surface area contributed by atoms with E-state index in [1.54, 1.807) is 0 Å². The number of fused-ring (bicyclic) bond motifs is 1. The molecule has 0 saturated heterocycles. The first kappa shape index (κ1) is 16.6. The molecule has 3 aromatic rings. The summed E-state index contributed by atoms with van der Waals surface area (Å²) in [6, 6.07) is 28.6. The second-order valence-electron chi connectivity index (χ2n) is 6.91. The number of rotatable bonds is 4. The Labute approximate surface area is 154 Å². The van der Waals surface area contributed by atoms with E-state index in [0.717, 1.165) is 30.4 Å². The van der Waals surface area contributed by atoms with Crippen LogP contribution in [0.4, 0.5) is 0 Å². The highest BCUT2D eigenvalue weighted by Crippen LogP contribution is 2.33. The largest absolute Gasteiger partial charge is 0.345 e. The van der Waals surface area contributed by atoms with Crippen LogP contribution in [0.25, 0.3) is 0 Å². The van der Waals surface area contributed by atoms with Crippen molar-refractivity contribution in [1.82, 2.24) is 5.32 Å². The van der Waals surface area contributed by atoms with Gasteiger partial charge in [-0.25, -0.2) is 0 Å². The lowest BCUT2D eigenvalue weighted by molar-refractivity contribution is -0.123. The Hall–Kier alpha value is -2.87. The molecule has 0 radical (unpaired) electrons. The molecule has 0 spiro atoms. The molecule has 1 aliphatic carbocycles. The molecule has 0 heterocycles. The van der Waals surface area contributed by atoms with Crippen molar-refractivity contribution >= 4 is 5.91 Å². The number of aryl methyl sites for hydroxylation is 1. The van der Waals surface area contributed by atoms with Crippen LogP contribution in [0.2, 0.25) is 0 Å². The Balaban J connectivity index is 1.64. The Bertz CT molecular complexity index is 833. The van der Waals surface area contributed by atoms with Gasteiger partial charge in [-0.1, -0.05) is 84.9 Å². The summed E-state index contributed by atoms with van der Waals surface area (Å²) < 4.78 is 0. The number of benzene rings is 3. The first-order chi connectivity index (χ1) is 12.8. The lowest BCUT2D eigenvalue weighted by Gasteiger charge is -2.27.